The molecule has 88 valence electrons. The highest BCUT2D eigenvalue weighted by atomic mass is 31.0. The van der Waals surface area contributed by atoms with Crippen molar-refractivity contribution in [2.75, 3.05) is 0 Å². The minimum Gasteiger partial charge on any atom is -0.457 e. The molecule has 0 fully saturated rings. The molecule has 1 N–H and O–H groups in total. The average Bonchev–Trinajstić information content (AvgIpc) is 2.20. The number of hydrogen-bond donors (Lipinski definition) is 1. The van der Waals surface area contributed by atoms with Gasteiger partial charge in [0, 0.05) is 17.5 Å². The molecule has 0 aliphatic rings. The van der Waals surface area contributed by atoms with Crippen LogP contribution in [0.4, 0.5) is 8.78 Å². The molecule has 0 radical (unpaired) electrons. The van der Waals surface area contributed by atoms with Crippen molar-refractivity contribution in [3.63, 3.8) is 0 Å². The zero-order valence-corrected chi connectivity index (χ0v) is 9.80. The number of hydrogen-bond acceptors (Lipinski definition) is 2. The monoisotopic (exact) mass is 255 g/mol. The van der Waals surface area contributed by atoms with Gasteiger partial charge in [-0.15, -0.1) is 0 Å². The van der Waals surface area contributed by atoms with Gasteiger partial charge in [0.2, 0.25) is 0 Å². The van der Waals surface area contributed by atoms with Crippen LogP contribution in [-0.4, -0.2) is 10.5 Å². The van der Waals surface area contributed by atoms with Crippen molar-refractivity contribution in [2.45, 2.75) is 6.92 Å². The molecule has 0 atom stereocenters. The Kier molecular flexibility index (Phi) is 2.94. The Morgan fingerprint density at radius 2 is 1.94 bits per heavy atom. The number of halogens is 2. The fourth-order valence-corrected chi connectivity index (χ4v) is 1.58. The fourth-order valence-electron chi connectivity index (χ4n) is 1.47. The number of ether oxygens (including phenoxy) is 1. The lowest BCUT2D eigenvalue weighted by atomic mass is 10.2. The first-order chi connectivity index (χ1) is 7.97. The van der Waals surface area contributed by atoms with Crippen molar-refractivity contribution in [1.82, 2.24) is 4.98 Å². The van der Waals surface area contributed by atoms with Crippen molar-refractivity contribution < 1.29 is 13.5 Å². The minimum atomic E-state index is -1.02. The van der Waals surface area contributed by atoms with E-state index < -0.39 is 17.2 Å². The van der Waals surface area contributed by atoms with E-state index in [0.717, 1.165) is 12.1 Å². The van der Waals surface area contributed by atoms with Gasteiger partial charge in [-0.1, -0.05) is 8.86 Å². The number of nitrogens with one attached hydrogen (secondary N) is 1. The first-order valence-electron chi connectivity index (χ1n) is 4.72. The van der Waals surface area contributed by atoms with Gasteiger partial charge in [0.05, 0.1) is 5.52 Å². The first kappa shape index (κ1) is 11.7. The van der Waals surface area contributed by atoms with Crippen LogP contribution in [0.3, 0.4) is 0 Å². The van der Waals surface area contributed by atoms with Crippen LogP contribution in [0.1, 0.15) is 6.92 Å². The van der Waals surface area contributed by atoms with Gasteiger partial charge in [-0.3, -0.25) is 4.79 Å². The van der Waals surface area contributed by atoms with Crippen LogP contribution in [0.15, 0.2) is 23.0 Å². The SMILES string of the molecule is CC(=P)Oc1cc(=O)[nH]c2cc(F)c(F)cc12. The van der Waals surface area contributed by atoms with E-state index in [1.807, 2.05) is 0 Å². The van der Waals surface area contributed by atoms with Gasteiger partial charge >= 0.3 is 0 Å². The highest BCUT2D eigenvalue weighted by Crippen LogP contribution is 2.24. The summed E-state index contributed by atoms with van der Waals surface area (Å²) in [6.07, 6.45) is 0. The van der Waals surface area contributed by atoms with Crippen LogP contribution in [0.2, 0.25) is 0 Å². The topological polar surface area (TPSA) is 42.1 Å². The molecule has 0 bridgehead atoms. The summed E-state index contributed by atoms with van der Waals surface area (Å²) in [5.74, 6) is -1.86. The van der Waals surface area contributed by atoms with Gasteiger partial charge in [-0.2, -0.15) is 0 Å². The average molecular weight is 255 g/mol. The lowest BCUT2D eigenvalue weighted by Crippen LogP contribution is -2.08. The summed E-state index contributed by atoms with van der Waals surface area (Å²) in [5.41, 5.74) is 0.132. The molecule has 0 saturated carbocycles. The molecule has 0 saturated heterocycles. The Morgan fingerprint density at radius 3 is 2.59 bits per heavy atom. The van der Waals surface area contributed by atoms with Crippen LogP contribution in [0.25, 0.3) is 10.9 Å². The number of aromatic amines is 1. The van der Waals surface area contributed by atoms with E-state index in [1.165, 1.54) is 6.07 Å². The summed E-state index contributed by atoms with van der Waals surface area (Å²) in [6.45, 7) is 1.61. The molecular weight excluding hydrogens is 247 g/mol. The van der Waals surface area contributed by atoms with Crippen molar-refractivity contribution >= 4 is 25.2 Å². The van der Waals surface area contributed by atoms with Crippen molar-refractivity contribution in [3.8, 4) is 5.75 Å². The van der Waals surface area contributed by atoms with Crippen LogP contribution in [-0.2, 0) is 0 Å². The van der Waals surface area contributed by atoms with E-state index in [2.05, 4.69) is 13.8 Å². The van der Waals surface area contributed by atoms with Crippen LogP contribution < -0.4 is 10.3 Å². The largest absolute Gasteiger partial charge is 0.457 e. The maximum atomic E-state index is 13.1. The molecule has 17 heavy (non-hydrogen) atoms. The van der Waals surface area contributed by atoms with E-state index in [0.29, 0.717) is 10.9 Å². The highest BCUT2D eigenvalue weighted by molar-refractivity contribution is 7.20. The molecule has 6 heteroatoms. The Balaban J connectivity index is 2.78. The Hall–Kier alpha value is -1.74. The van der Waals surface area contributed by atoms with Gasteiger partial charge in [0.1, 0.15) is 11.2 Å². The molecule has 1 aromatic carbocycles. The first-order valence-corrected chi connectivity index (χ1v) is 5.22. The molecule has 0 amide bonds. The Labute approximate surface area is 97.3 Å². The molecule has 3 nitrogen and oxygen atoms in total. The maximum Gasteiger partial charge on any atom is 0.252 e. The molecule has 1 heterocycles. The van der Waals surface area contributed by atoms with Crippen molar-refractivity contribution in [2.24, 2.45) is 0 Å². The van der Waals surface area contributed by atoms with E-state index >= 15 is 0 Å². The van der Waals surface area contributed by atoms with Gasteiger partial charge < -0.3 is 9.72 Å². The zero-order valence-electron chi connectivity index (χ0n) is 8.80. The van der Waals surface area contributed by atoms with Gasteiger partial charge in [0.25, 0.3) is 5.56 Å². The Morgan fingerprint density at radius 1 is 1.29 bits per heavy atom. The van der Waals surface area contributed by atoms with Gasteiger partial charge in [-0.25, -0.2) is 8.78 Å². The Bertz CT molecular complexity index is 666. The van der Waals surface area contributed by atoms with Crippen LogP contribution in [0.5, 0.6) is 5.75 Å². The quantitative estimate of drug-likeness (QED) is 0.837. The number of benzene rings is 1. The van der Waals surface area contributed by atoms with Gasteiger partial charge in [-0.05, 0) is 13.0 Å². The molecule has 0 aliphatic carbocycles. The molecule has 0 unspecified atom stereocenters. The lowest BCUT2D eigenvalue weighted by Gasteiger charge is -2.07. The predicted octanol–water partition coefficient (Wildman–Crippen LogP) is 2.48. The third-order valence-corrected chi connectivity index (χ3v) is 2.21. The third-order valence-electron chi connectivity index (χ3n) is 2.11. The molecule has 2 rings (SSSR count). The smallest absolute Gasteiger partial charge is 0.252 e. The second-order valence-electron chi connectivity index (χ2n) is 3.47. The summed E-state index contributed by atoms with van der Waals surface area (Å²) in [7, 11) is 3.12. The molecule has 0 aliphatic heterocycles. The molecule has 0 spiro atoms. The number of fused-ring (bicyclic) bond motifs is 1. The lowest BCUT2D eigenvalue weighted by molar-refractivity contribution is 0.509. The van der Waals surface area contributed by atoms with E-state index in [1.54, 1.807) is 6.92 Å². The van der Waals surface area contributed by atoms with Crippen molar-refractivity contribution in [1.29, 1.82) is 0 Å². The molecule has 1 aromatic heterocycles. The van der Waals surface area contributed by atoms with Crippen LogP contribution >= 0.6 is 8.86 Å². The van der Waals surface area contributed by atoms with E-state index in [9.17, 15) is 13.6 Å². The normalized spacial score (nSPS) is 10.5. The van der Waals surface area contributed by atoms with E-state index in [-0.39, 0.29) is 11.3 Å². The summed E-state index contributed by atoms with van der Waals surface area (Å²) in [4.78, 5) is 13.7. The number of aromatic nitrogens is 1. The summed E-state index contributed by atoms with van der Waals surface area (Å²) < 4.78 is 31.4. The fraction of sp³-hybridized carbons (Fsp3) is 0.0909. The third kappa shape index (κ3) is 2.34. The standard InChI is InChI=1S/C11H8F2NO2P/c1-5(17)16-10-4-11(15)14-9-3-8(13)7(12)2-6(9)10/h2-4,17H,1H3,(H,14,15). The maximum absolute atomic E-state index is 13.1. The predicted molar refractivity (Wildman–Crippen MR) is 64.1 cm³/mol. The molecular formula is C11H8F2NO2P. The number of H-pyrrole nitrogens is 1. The second-order valence-corrected chi connectivity index (χ2v) is 4.17. The van der Waals surface area contributed by atoms with E-state index in [4.69, 9.17) is 4.74 Å². The van der Waals surface area contributed by atoms with Gasteiger partial charge in [0.15, 0.2) is 11.6 Å². The number of pyridine rings is 1. The molecule has 2 aromatic rings. The highest BCUT2D eigenvalue weighted by Gasteiger charge is 2.10. The number of rotatable bonds is 2. The van der Waals surface area contributed by atoms with Crippen LogP contribution in [0, 0.1) is 11.6 Å². The summed E-state index contributed by atoms with van der Waals surface area (Å²) >= 11 is 0. The minimum absolute atomic E-state index is 0.162. The summed E-state index contributed by atoms with van der Waals surface area (Å²) in [5, 5.41) is 0.293. The second kappa shape index (κ2) is 4.26. The van der Waals surface area contributed by atoms with Crippen molar-refractivity contribution in [3.05, 3.63) is 40.2 Å². The summed E-state index contributed by atoms with van der Waals surface area (Å²) in [6, 6.07) is 3.07. The zero-order chi connectivity index (χ0) is 12.6.